The number of ether oxygens (including phenoxy) is 1. The van der Waals surface area contributed by atoms with Crippen LogP contribution in [0.15, 0.2) is 76.4 Å². The molecule has 0 saturated carbocycles. The lowest BCUT2D eigenvalue weighted by Crippen LogP contribution is -2.24. The van der Waals surface area contributed by atoms with Crippen LogP contribution < -0.4 is 10.3 Å². The summed E-state index contributed by atoms with van der Waals surface area (Å²) in [7, 11) is 0. The topological polar surface area (TPSA) is 98.3 Å². The second-order valence-electron chi connectivity index (χ2n) is 8.48. The fraction of sp³-hybridized carbons (Fsp3) is 0.0769. The van der Waals surface area contributed by atoms with Crippen molar-refractivity contribution in [3.05, 3.63) is 105 Å². The van der Waals surface area contributed by atoms with Crippen molar-refractivity contribution >= 4 is 28.2 Å². The maximum atomic E-state index is 13.5. The summed E-state index contributed by atoms with van der Waals surface area (Å²) >= 11 is 6.19. The van der Waals surface area contributed by atoms with Crippen molar-refractivity contribution in [2.45, 2.75) is 12.8 Å². The molecule has 35 heavy (non-hydrogen) atoms. The predicted molar refractivity (Wildman–Crippen MR) is 130 cm³/mol. The van der Waals surface area contributed by atoms with E-state index in [0.717, 1.165) is 16.5 Å². The van der Waals surface area contributed by atoms with E-state index in [1.165, 1.54) is 0 Å². The number of hydrogen-bond acceptors (Lipinski definition) is 6. The lowest BCUT2D eigenvalue weighted by molar-refractivity contribution is 0.435. The molecular weight excluding hydrogens is 466 g/mol. The second-order valence-corrected chi connectivity index (χ2v) is 8.91. The Hall–Kier alpha value is -4.43. The van der Waals surface area contributed by atoms with Gasteiger partial charge in [-0.05, 0) is 54.4 Å². The Morgan fingerprint density at radius 2 is 1.94 bits per heavy atom. The summed E-state index contributed by atoms with van der Waals surface area (Å²) in [4.78, 5) is 25.9. The van der Waals surface area contributed by atoms with E-state index < -0.39 is 5.92 Å². The van der Waals surface area contributed by atoms with Gasteiger partial charge in [0.15, 0.2) is 11.4 Å². The van der Waals surface area contributed by atoms with Gasteiger partial charge in [-0.2, -0.15) is 0 Å². The number of aromatic amines is 1. The third-order valence-corrected chi connectivity index (χ3v) is 6.52. The first kappa shape index (κ1) is 20.0. The number of aryl methyl sites for hydroxylation is 1. The van der Waals surface area contributed by atoms with Crippen LogP contribution >= 0.6 is 11.6 Å². The number of furan rings is 1. The number of H-pyrrole nitrogens is 1. The molecule has 170 valence electrons. The van der Waals surface area contributed by atoms with Gasteiger partial charge in [0.2, 0.25) is 11.7 Å². The number of pyridine rings is 1. The van der Waals surface area contributed by atoms with E-state index in [2.05, 4.69) is 15.1 Å². The van der Waals surface area contributed by atoms with Gasteiger partial charge < -0.3 is 14.1 Å². The molecule has 9 heteroatoms. The van der Waals surface area contributed by atoms with Crippen LogP contribution in [0.4, 0.5) is 0 Å². The molecule has 2 aromatic carbocycles. The SMILES string of the molecule is Cc1ccc2c3c(c(=O)[nH]c2c1)C(c1ccc(Cl)cc1)c1c(ncn2nc(-c4ccco4)nc12)O3. The van der Waals surface area contributed by atoms with E-state index in [0.29, 0.717) is 50.5 Å². The van der Waals surface area contributed by atoms with E-state index in [9.17, 15) is 4.79 Å². The van der Waals surface area contributed by atoms with Crippen molar-refractivity contribution in [2.24, 2.45) is 0 Å². The minimum atomic E-state index is -0.509. The number of halogens is 1. The molecule has 0 aliphatic carbocycles. The number of benzene rings is 2. The number of fused-ring (bicyclic) bond motifs is 6. The van der Waals surface area contributed by atoms with Crippen LogP contribution in [0.3, 0.4) is 0 Å². The van der Waals surface area contributed by atoms with Crippen molar-refractivity contribution in [1.29, 1.82) is 0 Å². The van der Waals surface area contributed by atoms with E-state index in [1.54, 1.807) is 41.4 Å². The summed E-state index contributed by atoms with van der Waals surface area (Å²) in [5, 5.41) is 5.93. The van der Waals surface area contributed by atoms with Crippen molar-refractivity contribution < 1.29 is 9.15 Å². The molecule has 5 heterocycles. The summed E-state index contributed by atoms with van der Waals surface area (Å²) in [5.74, 6) is 1.29. The highest BCUT2D eigenvalue weighted by atomic mass is 35.5. The Kier molecular flexibility index (Phi) is 4.16. The van der Waals surface area contributed by atoms with Crippen LogP contribution in [-0.2, 0) is 0 Å². The normalized spacial score (nSPS) is 14.6. The zero-order valence-corrected chi connectivity index (χ0v) is 19.1. The van der Waals surface area contributed by atoms with Gasteiger partial charge in [0.1, 0.15) is 12.1 Å². The average Bonchev–Trinajstić information content (AvgIpc) is 3.53. The van der Waals surface area contributed by atoms with Crippen LogP contribution in [0.2, 0.25) is 5.02 Å². The van der Waals surface area contributed by atoms with E-state index in [-0.39, 0.29) is 5.56 Å². The fourth-order valence-electron chi connectivity index (χ4n) is 4.70. The highest BCUT2D eigenvalue weighted by Crippen LogP contribution is 2.48. The molecule has 8 nitrogen and oxygen atoms in total. The molecule has 1 aliphatic heterocycles. The molecule has 1 N–H and O–H groups in total. The Morgan fingerprint density at radius 3 is 2.74 bits per heavy atom. The van der Waals surface area contributed by atoms with Crippen LogP contribution in [0.5, 0.6) is 11.6 Å². The zero-order valence-electron chi connectivity index (χ0n) is 18.3. The molecule has 1 unspecified atom stereocenters. The summed E-state index contributed by atoms with van der Waals surface area (Å²) < 4.78 is 13.4. The molecule has 0 amide bonds. The number of rotatable bonds is 2. The highest BCUT2D eigenvalue weighted by molar-refractivity contribution is 6.30. The first-order chi connectivity index (χ1) is 17.1. The van der Waals surface area contributed by atoms with Gasteiger partial charge in [-0.3, -0.25) is 4.79 Å². The van der Waals surface area contributed by atoms with Gasteiger partial charge in [-0.25, -0.2) is 14.5 Å². The standard InChI is InChI=1S/C26H16ClN5O3/c1-13-4-9-16-17(11-13)29-25(33)20-19(14-5-7-15(27)8-6-14)21-24-30-23(18-3-2-10-34-18)31-32(24)12-28-26(21)35-22(16)20/h2-12,19H,1H3,(H,29,33). The number of hydrogen-bond donors (Lipinski definition) is 1. The molecule has 0 radical (unpaired) electrons. The molecule has 0 spiro atoms. The predicted octanol–water partition coefficient (Wildman–Crippen LogP) is 5.47. The smallest absolute Gasteiger partial charge is 0.256 e. The van der Waals surface area contributed by atoms with Gasteiger partial charge in [0.05, 0.1) is 28.8 Å². The lowest BCUT2D eigenvalue weighted by atomic mass is 9.84. The highest BCUT2D eigenvalue weighted by Gasteiger charge is 2.36. The summed E-state index contributed by atoms with van der Waals surface area (Å²) in [6.07, 6.45) is 3.12. The van der Waals surface area contributed by atoms with Crippen LogP contribution in [0.1, 0.15) is 28.2 Å². The van der Waals surface area contributed by atoms with Crippen LogP contribution in [0, 0.1) is 6.92 Å². The Bertz CT molecular complexity index is 1820. The molecule has 1 atom stereocenters. The monoisotopic (exact) mass is 481 g/mol. The van der Waals surface area contributed by atoms with Gasteiger partial charge in [-0.1, -0.05) is 29.8 Å². The first-order valence-corrected chi connectivity index (χ1v) is 11.3. The van der Waals surface area contributed by atoms with Crippen LogP contribution in [-0.4, -0.2) is 24.6 Å². The van der Waals surface area contributed by atoms with Crippen molar-refractivity contribution in [1.82, 2.24) is 24.6 Å². The van der Waals surface area contributed by atoms with Crippen molar-refractivity contribution in [3.8, 4) is 23.2 Å². The van der Waals surface area contributed by atoms with Crippen molar-refractivity contribution in [2.75, 3.05) is 0 Å². The molecule has 7 rings (SSSR count). The minimum Gasteiger partial charge on any atom is -0.461 e. The quantitative estimate of drug-likeness (QED) is 0.351. The maximum absolute atomic E-state index is 13.5. The average molecular weight is 482 g/mol. The number of nitrogens with one attached hydrogen (secondary N) is 1. The molecule has 0 bridgehead atoms. The van der Waals surface area contributed by atoms with Gasteiger partial charge >= 0.3 is 0 Å². The third kappa shape index (κ3) is 3.00. The maximum Gasteiger partial charge on any atom is 0.256 e. The van der Waals surface area contributed by atoms with E-state index >= 15 is 0 Å². The second kappa shape index (κ2) is 7.28. The summed E-state index contributed by atoms with van der Waals surface area (Å²) in [6, 6.07) is 16.8. The molecular formula is C26H16ClN5O3. The van der Waals surface area contributed by atoms with Gasteiger partial charge in [0, 0.05) is 10.4 Å². The zero-order chi connectivity index (χ0) is 23.7. The summed E-state index contributed by atoms with van der Waals surface area (Å²) in [6.45, 7) is 1.98. The summed E-state index contributed by atoms with van der Waals surface area (Å²) in [5.41, 5.74) is 4.00. The van der Waals surface area contributed by atoms with Crippen LogP contribution in [0.25, 0.3) is 28.1 Å². The largest absolute Gasteiger partial charge is 0.461 e. The van der Waals surface area contributed by atoms with Crippen molar-refractivity contribution in [3.63, 3.8) is 0 Å². The molecule has 1 aliphatic rings. The Balaban J connectivity index is 1.56. The first-order valence-electron chi connectivity index (χ1n) is 11.0. The van der Waals surface area contributed by atoms with Gasteiger partial charge in [-0.15, -0.1) is 5.10 Å². The Morgan fingerprint density at radius 1 is 1.09 bits per heavy atom. The molecule has 4 aromatic heterocycles. The number of nitrogens with zero attached hydrogens (tertiary/aromatic N) is 4. The number of aromatic nitrogens is 5. The lowest BCUT2D eigenvalue weighted by Gasteiger charge is -2.28. The van der Waals surface area contributed by atoms with E-state index in [4.69, 9.17) is 25.7 Å². The molecule has 0 saturated heterocycles. The fourth-order valence-corrected chi connectivity index (χ4v) is 4.83. The molecule has 0 fully saturated rings. The molecule has 6 aromatic rings. The minimum absolute atomic E-state index is 0.239. The van der Waals surface area contributed by atoms with Gasteiger partial charge in [0.25, 0.3) is 5.56 Å². The third-order valence-electron chi connectivity index (χ3n) is 6.27. The Labute approximate surface area is 202 Å². The van der Waals surface area contributed by atoms with E-state index in [1.807, 2.05) is 37.3 Å².